The number of hydrogen-bond acceptors (Lipinski definition) is 5. The Morgan fingerprint density at radius 1 is 1.33 bits per heavy atom. The first kappa shape index (κ1) is 17.1. The van der Waals surface area contributed by atoms with Gasteiger partial charge in [0.15, 0.2) is 5.69 Å². The van der Waals surface area contributed by atoms with Gasteiger partial charge in [0, 0.05) is 19.6 Å². The topological polar surface area (TPSA) is 60.2 Å². The third-order valence-corrected chi connectivity index (χ3v) is 5.65. The van der Waals surface area contributed by atoms with Crippen molar-refractivity contribution in [2.45, 2.75) is 45.6 Å². The number of hydrogen-bond donors (Lipinski definition) is 0. The number of nitrogens with zero attached hydrogens (tertiary/aromatic N) is 4. The van der Waals surface area contributed by atoms with Crippen LogP contribution in [-0.4, -0.2) is 52.6 Å². The second-order valence-electron chi connectivity index (χ2n) is 7.22. The Morgan fingerprint density at radius 2 is 2.08 bits per heavy atom. The summed E-state index contributed by atoms with van der Waals surface area (Å²) in [5.74, 6) is 1.06. The fraction of sp³-hybridized carbons (Fsp3) is 0.722. The molecule has 2 atom stereocenters. The van der Waals surface area contributed by atoms with Crippen LogP contribution >= 0.6 is 0 Å². The molecule has 1 aliphatic carbocycles. The molecule has 24 heavy (non-hydrogen) atoms. The molecule has 132 valence electrons. The summed E-state index contributed by atoms with van der Waals surface area (Å²) < 4.78 is 6.52. The molecule has 0 aromatic carbocycles. The number of carbonyl (C=O) groups excluding carboxylic acids is 1. The molecule has 0 amide bonds. The van der Waals surface area contributed by atoms with Crippen LogP contribution < -0.4 is 0 Å². The standard InChI is InChI=1S/C18H28N4O2/c1-13-5-4-6-14(2)16(13)11-21-9-7-15(8-10-21)22-12-17(19-20-22)18(23)24-3/h5,12,14-16H,4,6-11H2,1-3H3. The molecule has 0 bridgehead atoms. The number of piperidine rings is 1. The predicted molar refractivity (Wildman–Crippen MR) is 91.7 cm³/mol. The van der Waals surface area contributed by atoms with E-state index in [1.54, 1.807) is 11.8 Å². The van der Waals surface area contributed by atoms with Crippen molar-refractivity contribution in [1.29, 1.82) is 0 Å². The van der Waals surface area contributed by atoms with Gasteiger partial charge < -0.3 is 9.64 Å². The van der Waals surface area contributed by atoms with Crippen LogP contribution in [0, 0.1) is 11.8 Å². The Kier molecular flexibility index (Phi) is 5.33. The highest BCUT2D eigenvalue weighted by Crippen LogP contribution is 2.32. The van der Waals surface area contributed by atoms with Crippen molar-refractivity contribution in [3.05, 3.63) is 23.5 Å². The molecule has 1 saturated heterocycles. The van der Waals surface area contributed by atoms with E-state index in [-0.39, 0.29) is 5.69 Å². The van der Waals surface area contributed by atoms with E-state index in [1.807, 2.05) is 4.68 Å². The lowest BCUT2D eigenvalue weighted by molar-refractivity contribution is 0.0594. The van der Waals surface area contributed by atoms with Crippen molar-refractivity contribution in [2.75, 3.05) is 26.7 Å². The van der Waals surface area contributed by atoms with E-state index < -0.39 is 5.97 Å². The van der Waals surface area contributed by atoms with Gasteiger partial charge >= 0.3 is 5.97 Å². The van der Waals surface area contributed by atoms with Crippen molar-refractivity contribution in [1.82, 2.24) is 19.9 Å². The number of allylic oxidation sites excluding steroid dienone is 1. The smallest absolute Gasteiger partial charge is 0.360 e. The summed E-state index contributed by atoms with van der Waals surface area (Å²) in [6.07, 6.45) is 8.78. The van der Waals surface area contributed by atoms with Crippen LogP contribution in [0.2, 0.25) is 0 Å². The van der Waals surface area contributed by atoms with Crippen molar-refractivity contribution in [2.24, 2.45) is 11.8 Å². The fourth-order valence-electron chi connectivity index (χ4n) is 4.00. The van der Waals surface area contributed by atoms with Gasteiger partial charge in [-0.25, -0.2) is 9.48 Å². The zero-order valence-corrected chi connectivity index (χ0v) is 14.9. The Labute approximate surface area is 143 Å². The molecule has 3 rings (SSSR count). The number of esters is 1. The van der Waals surface area contributed by atoms with E-state index in [4.69, 9.17) is 4.74 Å². The molecule has 0 spiro atoms. The third-order valence-electron chi connectivity index (χ3n) is 5.65. The highest BCUT2D eigenvalue weighted by atomic mass is 16.5. The van der Waals surface area contributed by atoms with E-state index in [0.29, 0.717) is 12.0 Å². The van der Waals surface area contributed by atoms with E-state index in [0.717, 1.165) is 31.8 Å². The maximum absolute atomic E-state index is 11.5. The van der Waals surface area contributed by atoms with Gasteiger partial charge in [0.05, 0.1) is 19.3 Å². The van der Waals surface area contributed by atoms with E-state index in [9.17, 15) is 4.79 Å². The molecule has 2 aliphatic rings. The van der Waals surface area contributed by atoms with Crippen molar-refractivity contribution in [3.8, 4) is 0 Å². The molecule has 1 fully saturated rings. The Bertz CT molecular complexity index is 602. The summed E-state index contributed by atoms with van der Waals surface area (Å²) in [6.45, 7) is 8.00. The Hall–Kier alpha value is -1.69. The number of aromatic nitrogens is 3. The molecule has 0 N–H and O–H groups in total. The molecular weight excluding hydrogens is 304 g/mol. The summed E-state index contributed by atoms with van der Waals surface area (Å²) in [7, 11) is 1.36. The summed E-state index contributed by atoms with van der Waals surface area (Å²) in [4.78, 5) is 14.1. The first-order valence-corrected chi connectivity index (χ1v) is 8.97. The minimum atomic E-state index is -0.424. The molecule has 0 saturated carbocycles. The number of ether oxygens (including phenoxy) is 1. The average molecular weight is 332 g/mol. The quantitative estimate of drug-likeness (QED) is 0.627. The monoisotopic (exact) mass is 332 g/mol. The minimum Gasteiger partial charge on any atom is -0.464 e. The van der Waals surface area contributed by atoms with Gasteiger partial charge in [-0.3, -0.25) is 0 Å². The predicted octanol–water partition coefficient (Wildman–Crippen LogP) is 2.69. The Balaban J connectivity index is 1.54. The Morgan fingerprint density at radius 3 is 2.75 bits per heavy atom. The summed E-state index contributed by atoms with van der Waals surface area (Å²) in [5, 5.41) is 8.02. The zero-order chi connectivity index (χ0) is 17.1. The van der Waals surface area contributed by atoms with Crippen LogP contribution in [0.4, 0.5) is 0 Å². The highest BCUT2D eigenvalue weighted by Gasteiger charge is 2.28. The lowest BCUT2D eigenvalue weighted by atomic mass is 9.79. The number of likely N-dealkylation sites (tertiary alicyclic amines) is 1. The normalized spacial score (nSPS) is 26.2. The van der Waals surface area contributed by atoms with Crippen LogP contribution in [0.25, 0.3) is 0 Å². The molecule has 1 aromatic rings. The molecule has 6 heteroatoms. The molecular formula is C18H28N4O2. The molecule has 0 radical (unpaired) electrons. The van der Waals surface area contributed by atoms with Gasteiger partial charge in [-0.15, -0.1) is 5.10 Å². The highest BCUT2D eigenvalue weighted by molar-refractivity contribution is 5.86. The average Bonchev–Trinajstić information content (AvgIpc) is 3.08. The van der Waals surface area contributed by atoms with Crippen LogP contribution in [0.3, 0.4) is 0 Å². The first-order chi connectivity index (χ1) is 11.6. The second-order valence-corrected chi connectivity index (χ2v) is 7.22. The summed E-state index contributed by atoms with van der Waals surface area (Å²) >= 11 is 0. The van der Waals surface area contributed by atoms with E-state index in [1.165, 1.54) is 26.5 Å². The number of methoxy groups -OCH3 is 1. The van der Waals surface area contributed by atoms with Gasteiger partial charge in [-0.1, -0.05) is 23.8 Å². The van der Waals surface area contributed by atoms with Gasteiger partial charge in [0.25, 0.3) is 0 Å². The molecule has 2 unspecified atom stereocenters. The zero-order valence-electron chi connectivity index (χ0n) is 14.9. The second kappa shape index (κ2) is 7.47. The van der Waals surface area contributed by atoms with Crippen molar-refractivity contribution in [3.63, 3.8) is 0 Å². The largest absolute Gasteiger partial charge is 0.464 e. The third kappa shape index (κ3) is 3.69. The van der Waals surface area contributed by atoms with Crippen LogP contribution in [0.15, 0.2) is 17.8 Å². The minimum absolute atomic E-state index is 0.289. The summed E-state index contributed by atoms with van der Waals surface area (Å²) in [6, 6.07) is 0.326. The van der Waals surface area contributed by atoms with Crippen molar-refractivity contribution < 1.29 is 9.53 Å². The maximum atomic E-state index is 11.5. The SMILES string of the molecule is COC(=O)c1cn(C2CCN(CC3C(C)=CCCC3C)CC2)nn1. The number of carbonyl (C=O) groups is 1. The van der Waals surface area contributed by atoms with Crippen LogP contribution in [-0.2, 0) is 4.74 Å². The molecule has 2 heterocycles. The molecule has 6 nitrogen and oxygen atoms in total. The van der Waals surface area contributed by atoms with Crippen LogP contribution in [0.5, 0.6) is 0 Å². The lowest BCUT2D eigenvalue weighted by Crippen LogP contribution is -2.40. The van der Waals surface area contributed by atoms with E-state index >= 15 is 0 Å². The van der Waals surface area contributed by atoms with E-state index in [2.05, 4.69) is 35.1 Å². The summed E-state index contributed by atoms with van der Waals surface area (Å²) in [5.41, 5.74) is 1.85. The molecule has 1 aromatic heterocycles. The number of rotatable bonds is 4. The van der Waals surface area contributed by atoms with Crippen LogP contribution in [0.1, 0.15) is 56.1 Å². The van der Waals surface area contributed by atoms with Crippen molar-refractivity contribution >= 4 is 5.97 Å². The maximum Gasteiger partial charge on any atom is 0.360 e. The van der Waals surface area contributed by atoms with Gasteiger partial charge in [-0.05, 0) is 44.4 Å². The first-order valence-electron chi connectivity index (χ1n) is 8.97. The molecule has 1 aliphatic heterocycles. The van der Waals surface area contributed by atoms with Gasteiger partial charge in [-0.2, -0.15) is 0 Å². The fourth-order valence-corrected chi connectivity index (χ4v) is 4.00. The van der Waals surface area contributed by atoms with Gasteiger partial charge in [0.1, 0.15) is 0 Å². The lowest BCUT2D eigenvalue weighted by Gasteiger charge is -2.37. The van der Waals surface area contributed by atoms with Gasteiger partial charge in [0.2, 0.25) is 0 Å².